The lowest BCUT2D eigenvalue weighted by Gasteiger charge is -2.22. The Hall–Kier alpha value is -4.68. The molecular weight excluding hydrogens is 478 g/mol. The van der Waals surface area contributed by atoms with Gasteiger partial charge in [0, 0.05) is 27.9 Å². The molecule has 6 heteroatoms. The molecule has 3 aromatic carbocycles. The van der Waals surface area contributed by atoms with Crippen LogP contribution in [-0.4, -0.2) is 10.9 Å². The number of hydrogen-bond acceptors (Lipinski definition) is 5. The number of anilines is 3. The summed E-state index contributed by atoms with van der Waals surface area (Å²) in [5.74, 6) is 1.28. The average Bonchev–Trinajstić information content (AvgIpc) is 3.53. The summed E-state index contributed by atoms with van der Waals surface area (Å²) in [4.78, 5) is 21.9. The van der Waals surface area contributed by atoms with Gasteiger partial charge in [0.25, 0.3) is 5.91 Å². The standard InChI is InChI=1S/C31H23N3O2S/c1-20-17-18-26(36-20)24-19-25(21-11-5-2-6-12-21)33-30-27(24)28(32)29(37-30)31(35)34(22-13-7-3-8-14-22)23-15-9-4-10-16-23/h2-19H,32H2,1H3. The molecule has 1 amide bonds. The molecule has 180 valence electrons. The van der Waals surface area contributed by atoms with Crippen LogP contribution in [-0.2, 0) is 0 Å². The summed E-state index contributed by atoms with van der Waals surface area (Å²) in [6.07, 6.45) is 0. The molecule has 6 aromatic rings. The molecule has 6 rings (SSSR count). The van der Waals surface area contributed by atoms with Crippen molar-refractivity contribution in [3.05, 3.63) is 120 Å². The van der Waals surface area contributed by atoms with Crippen LogP contribution in [0.1, 0.15) is 15.4 Å². The van der Waals surface area contributed by atoms with Gasteiger partial charge in [0.15, 0.2) is 0 Å². The van der Waals surface area contributed by atoms with E-state index in [2.05, 4.69) is 0 Å². The number of pyridine rings is 1. The van der Waals surface area contributed by atoms with Crippen LogP contribution >= 0.6 is 11.3 Å². The zero-order valence-electron chi connectivity index (χ0n) is 20.1. The first kappa shape index (κ1) is 22.8. The number of fused-ring (bicyclic) bond motifs is 1. The number of rotatable bonds is 5. The van der Waals surface area contributed by atoms with Crippen molar-refractivity contribution in [3.63, 3.8) is 0 Å². The lowest BCUT2D eigenvalue weighted by Crippen LogP contribution is -2.25. The van der Waals surface area contributed by atoms with Crippen molar-refractivity contribution in [2.75, 3.05) is 10.6 Å². The number of nitrogen functional groups attached to an aromatic ring is 1. The lowest BCUT2D eigenvalue weighted by atomic mass is 10.0. The Morgan fingerprint density at radius 2 is 1.43 bits per heavy atom. The van der Waals surface area contributed by atoms with Gasteiger partial charge < -0.3 is 10.2 Å². The van der Waals surface area contributed by atoms with E-state index in [9.17, 15) is 4.79 Å². The molecule has 0 radical (unpaired) electrons. The van der Waals surface area contributed by atoms with Crippen LogP contribution in [0, 0.1) is 6.92 Å². The highest BCUT2D eigenvalue weighted by molar-refractivity contribution is 7.21. The summed E-state index contributed by atoms with van der Waals surface area (Å²) in [5.41, 5.74) is 11.3. The van der Waals surface area contributed by atoms with Gasteiger partial charge in [-0.2, -0.15) is 0 Å². The molecule has 0 spiro atoms. The Morgan fingerprint density at radius 1 is 0.838 bits per heavy atom. The second-order valence-electron chi connectivity index (χ2n) is 8.67. The van der Waals surface area contributed by atoms with Crippen molar-refractivity contribution in [3.8, 4) is 22.6 Å². The second-order valence-corrected chi connectivity index (χ2v) is 9.67. The third kappa shape index (κ3) is 4.17. The number of hydrogen-bond donors (Lipinski definition) is 1. The van der Waals surface area contributed by atoms with E-state index in [1.807, 2.05) is 116 Å². The molecule has 2 N–H and O–H groups in total. The fraction of sp³-hybridized carbons (Fsp3) is 0.0323. The number of amides is 1. The van der Waals surface area contributed by atoms with Gasteiger partial charge in [-0.15, -0.1) is 11.3 Å². The Labute approximate surface area is 218 Å². The van der Waals surface area contributed by atoms with Crippen molar-refractivity contribution in [1.29, 1.82) is 0 Å². The van der Waals surface area contributed by atoms with Crippen molar-refractivity contribution in [2.45, 2.75) is 6.92 Å². The molecule has 0 bridgehead atoms. The van der Waals surface area contributed by atoms with Crippen LogP contribution < -0.4 is 10.6 Å². The maximum atomic E-state index is 14.1. The molecule has 3 heterocycles. The molecule has 37 heavy (non-hydrogen) atoms. The Morgan fingerprint density at radius 3 is 2.00 bits per heavy atom. The summed E-state index contributed by atoms with van der Waals surface area (Å²) in [7, 11) is 0. The number of carbonyl (C=O) groups excluding carboxylic acids is 1. The predicted octanol–water partition coefficient (Wildman–Crippen LogP) is 8.09. The Bertz CT molecular complexity index is 1670. The number of benzene rings is 3. The maximum absolute atomic E-state index is 14.1. The lowest BCUT2D eigenvalue weighted by molar-refractivity contribution is 0.100. The van der Waals surface area contributed by atoms with E-state index in [1.54, 1.807) is 4.90 Å². The number of carbonyl (C=O) groups is 1. The fourth-order valence-corrected chi connectivity index (χ4v) is 5.50. The van der Waals surface area contributed by atoms with Gasteiger partial charge in [0.05, 0.1) is 11.4 Å². The molecule has 3 aromatic heterocycles. The van der Waals surface area contributed by atoms with Crippen LogP contribution in [0.15, 0.2) is 114 Å². The zero-order valence-corrected chi connectivity index (χ0v) is 20.9. The number of nitrogens with zero attached hydrogens (tertiary/aromatic N) is 2. The molecule has 0 atom stereocenters. The van der Waals surface area contributed by atoms with E-state index < -0.39 is 0 Å². The first-order valence-electron chi connectivity index (χ1n) is 11.9. The van der Waals surface area contributed by atoms with Crippen molar-refractivity contribution in [2.24, 2.45) is 0 Å². The minimum atomic E-state index is -0.208. The van der Waals surface area contributed by atoms with Crippen LogP contribution in [0.2, 0.25) is 0 Å². The monoisotopic (exact) mass is 501 g/mol. The van der Waals surface area contributed by atoms with Crippen molar-refractivity contribution in [1.82, 2.24) is 4.98 Å². The molecule has 0 fully saturated rings. The van der Waals surface area contributed by atoms with E-state index in [0.29, 0.717) is 21.2 Å². The number of aromatic nitrogens is 1. The van der Waals surface area contributed by atoms with Crippen LogP contribution in [0.5, 0.6) is 0 Å². The van der Waals surface area contributed by atoms with E-state index >= 15 is 0 Å². The van der Waals surface area contributed by atoms with E-state index in [4.69, 9.17) is 15.1 Å². The summed E-state index contributed by atoms with van der Waals surface area (Å²) < 4.78 is 6.01. The normalized spacial score (nSPS) is 11.1. The van der Waals surface area contributed by atoms with E-state index in [0.717, 1.165) is 39.3 Å². The molecule has 0 saturated heterocycles. The predicted molar refractivity (Wildman–Crippen MR) is 151 cm³/mol. The van der Waals surface area contributed by atoms with Crippen molar-refractivity contribution < 1.29 is 9.21 Å². The highest BCUT2D eigenvalue weighted by atomic mass is 32.1. The Balaban J connectivity index is 1.57. The van der Waals surface area contributed by atoms with Gasteiger partial charge in [0.2, 0.25) is 0 Å². The van der Waals surface area contributed by atoms with Gasteiger partial charge in [0.1, 0.15) is 21.2 Å². The van der Waals surface area contributed by atoms with Gasteiger partial charge in [-0.25, -0.2) is 4.98 Å². The first-order valence-corrected chi connectivity index (χ1v) is 12.7. The Kier molecular flexibility index (Phi) is 5.79. The number of para-hydroxylation sites is 2. The second kappa shape index (κ2) is 9.41. The molecular formula is C31H23N3O2S. The summed E-state index contributed by atoms with van der Waals surface area (Å²) in [6.45, 7) is 1.91. The topological polar surface area (TPSA) is 72.4 Å². The molecule has 0 saturated carbocycles. The van der Waals surface area contributed by atoms with Crippen molar-refractivity contribution >= 4 is 44.5 Å². The molecule has 5 nitrogen and oxygen atoms in total. The molecule has 0 aliphatic rings. The summed E-state index contributed by atoms with van der Waals surface area (Å²) in [5, 5.41) is 0.725. The third-order valence-corrected chi connectivity index (χ3v) is 7.29. The first-order chi connectivity index (χ1) is 18.1. The number of thiophene rings is 1. The quantitative estimate of drug-likeness (QED) is 0.259. The van der Waals surface area contributed by atoms with Gasteiger partial charge in [-0.1, -0.05) is 66.7 Å². The average molecular weight is 502 g/mol. The highest BCUT2D eigenvalue weighted by Gasteiger charge is 2.27. The smallest absolute Gasteiger partial charge is 0.275 e. The third-order valence-electron chi connectivity index (χ3n) is 6.20. The fourth-order valence-electron chi connectivity index (χ4n) is 4.45. The van der Waals surface area contributed by atoms with Crippen LogP contribution in [0.25, 0.3) is 32.8 Å². The number of furan rings is 1. The summed E-state index contributed by atoms with van der Waals surface area (Å²) in [6, 6.07) is 35.0. The molecule has 0 aliphatic heterocycles. The summed E-state index contributed by atoms with van der Waals surface area (Å²) >= 11 is 1.31. The zero-order chi connectivity index (χ0) is 25.4. The largest absolute Gasteiger partial charge is 0.461 e. The van der Waals surface area contributed by atoms with Gasteiger partial charge >= 0.3 is 0 Å². The maximum Gasteiger partial charge on any atom is 0.275 e. The number of aryl methyl sites for hydroxylation is 1. The van der Waals surface area contributed by atoms with Gasteiger partial charge in [-0.3, -0.25) is 9.69 Å². The van der Waals surface area contributed by atoms with Crippen LogP contribution in [0.3, 0.4) is 0 Å². The molecule has 0 unspecified atom stereocenters. The van der Waals surface area contributed by atoms with E-state index in [1.165, 1.54) is 11.3 Å². The minimum Gasteiger partial charge on any atom is -0.461 e. The SMILES string of the molecule is Cc1ccc(-c2cc(-c3ccccc3)nc3sc(C(=O)N(c4ccccc4)c4ccccc4)c(N)c23)o1. The minimum absolute atomic E-state index is 0.208. The van der Waals surface area contributed by atoms with Crippen LogP contribution in [0.4, 0.5) is 17.1 Å². The van der Waals surface area contributed by atoms with E-state index in [-0.39, 0.29) is 5.91 Å². The highest BCUT2D eigenvalue weighted by Crippen LogP contribution is 2.43. The number of nitrogens with two attached hydrogens (primary N) is 1. The molecule has 0 aliphatic carbocycles. The van der Waals surface area contributed by atoms with Gasteiger partial charge in [-0.05, 0) is 49.4 Å².